The van der Waals surface area contributed by atoms with E-state index < -0.39 is 5.83 Å². The van der Waals surface area contributed by atoms with E-state index in [-0.39, 0.29) is 18.3 Å². The zero-order valence-electron chi connectivity index (χ0n) is 11.7. The number of nitrogens with one attached hydrogen (secondary N) is 1. The van der Waals surface area contributed by atoms with Gasteiger partial charge in [0.1, 0.15) is 11.6 Å². The predicted molar refractivity (Wildman–Crippen MR) is 80.9 cm³/mol. The van der Waals surface area contributed by atoms with Crippen LogP contribution < -0.4 is 5.32 Å². The molecule has 0 saturated carbocycles. The van der Waals surface area contributed by atoms with Crippen molar-refractivity contribution in [1.29, 1.82) is 0 Å². The first kappa shape index (κ1) is 18.4. The molecule has 20 heavy (non-hydrogen) atoms. The van der Waals surface area contributed by atoms with Crippen molar-refractivity contribution in [2.75, 3.05) is 13.2 Å². The van der Waals surface area contributed by atoms with Gasteiger partial charge >= 0.3 is 0 Å². The third kappa shape index (κ3) is 9.39. The summed E-state index contributed by atoms with van der Waals surface area (Å²) in [7, 11) is 0. The molecule has 0 aliphatic heterocycles. The van der Waals surface area contributed by atoms with E-state index in [2.05, 4.69) is 25.4 Å². The van der Waals surface area contributed by atoms with Gasteiger partial charge in [-0.2, -0.15) is 0 Å². The van der Waals surface area contributed by atoms with Crippen molar-refractivity contribution in [2.45, 2.75) is 19.8 Å². The average Bonchev–Trinajstić information content (AvgIpc) is 2.47. The maximum absolute atomic E-state index is 12.9. The summed E-state index contributed by atoms with van der Waals surface area (Å²) in [4.78, 5) is 11.5. The highest BCUT2D eigenvalue weighted by Gasteiger charge is 2.03. The SMILES string of the molecule is C=C/C(=C\C(F)=C\Cl)OCC(=O)NCCCC(C)C=C. The van der Waals surface area contributed by atoms with Crippen LogP contribution in [-0.4, -0.2) is 19.1 Å². The first-order valence-electron chi connectivity index (χ1n) is 6.35. The summed E-state index contributed by atoms with van der Waals surface area (Å²) >= 11 is 5.18. The summed E-state index contributed by atoms with van der Waals surface area (Å²) in [5.41, 5.74) is 0.772. The molecule has 0 heterocycles. The van der Waals surface area contributed by atoms with Crippen LogP contribution in [0.5, 0.6) is 0 Å². The summed E-state index contributed by atoms with van der Waals surface area (Å²) in [6.45, 7) is 9.61. The molecule has 0 saturated heterocycles. The summed E-state index contributed by atoms with van der Waals surface area (Å²) in [5.74, 6) is -0.349. The standard InChI is InChI=1S/C15H21ClFNO2/c1-4-12(3)7-6-8-18-15(19)11-20-14(5-2)9-13(17)10-16/h4-5,9-10,12H,1-2,6-8,11H2,3H3,(H,18,19)/b13-10-,14-9+. The molecule has 1 amide bonds. The number of ether oxygens (including phenoxy) is 1. The van der Waals surface area contributed by atoms with Crippen molar-refractivity contribution in [2.24, 2.45) is 5.92 Å². The number of amides is 1. The average molecular weight is 302 g/mol. The Morgan fingerprint density at radius 3 is 2.75 bits per heavy atom. The van der Waals surface area contributed by atoms with E-state index in [0.29, 0.717) is 12.5 Å². The molecular weight excluding hydrogens is 281 g/mol. The predicted octanol–water partition coefficient (Wildman–Crippen LogP) is 3.84. The van der Waals surface area contributed by atoms with E-state index in [0.717, 1.165) is 24.5 Å². The third-order valence-corrected chi connectivity index (χ3v) is 2.72. The summed E-state index contributed by atoms with van der Waals surface area (Å²) in [6, 6.07) is 0. The van der Waals surface area contributed by atoms with Crippen LogP contribution in [0.2, 0.25) is 0 Å². The van der Waals surface area contributed by atoms with E-state index in [1.54, 1.807) is 0 Å². The second-order valence-electron chi connectivity index (χ2n) is 4.24. The van der Waals surface area contributed by atoms with Crippen molar-refractivity contribution < 1.29 is 13.9 Å². The van der Waals surface area contributed by atoms with E-state index in [9.17, 15) is 9.18 Å². The lowest BCUT2D eigenvalue weighted by atomic mass is 10.1. The van der Waals surface area contributed by atoms with E-state index >= 15 is 0 Å². The van der Waals surface area contributed by atoms with Crippen molar-refractivity contribution in [3.63, 3.8) is 0 Å². The number of halogens is 2. The van der Waals surface area contributed by atoms with Crippen LogP contribution in [0, 0.1) is 5.92 Å². The van der Waals surface area contributed by atoms with E-state index in [4.69, 9.17) is 16.3 Å². The van der Waals surface area contributed by atoms with Crippen LogP contribution in [-0.2, 0) is 9.53 Å². The summed E-state index contributed by atoms with van der Waals surface area (Å²) in [5, 5.41) is 2.71. The monoisotopic (exact) mass is 301 g/mol. The minimum Gasteiger partial charge on any atom is -0.484 e. The molecule has 3 nitrogen and oxygen atoms in total. The Morgan fingerprint density at radius 2 is 2.20 bits per heavy atom. The molecule has 0 bridgehead atoms. The first-order valence-corrected chi connectivity index (χ1v) is 6.79. The molecule has 0 fully saturated rings. The van der Waals surface area contributed by atoms with Crippen LogP contribution in [0.1, 0.15) is 19.8 Å². The first-order chi connectivity index (χ1) is 9.53. The number of carbonyl (C=O) groups excluding carboxylic acids is 1. The Morgan fingerprint density at radius 1 is 1.50 bits per heavy atom. The lowest BCUT2D eigenvalue weighted by Crippen LogP contribution is -2.28. The molecule has 0 spiro atoms. The van der Waals surface area contributed by atoms with Crippen molar-refractivity contribution >= 4 is 17.5 Å². The molecule has 0 aromatic rings. The molecule has 0 aromatic heterocycles. The maximum Gasteiger partial charge on any atom is 0.257 e. The topological polar surface area (TPSA) is 38.3 Å². The van der Waals surface area contributed by atoms with Gasteiger partial charge in [-0.3, -0.25) is 4.79 Å². The van der Waals surface area contributed by atoms with Crippen molar-refractivity contribution in [3.8, 4) is 0 Å². The molecular formula is C15H21ClFNO2. The van der Waals surface area contributed by atoms with Gasteiger partial charge in [-0.25, -0.2) is 4.39 Å². The van der Waals surface area contributed by atoms with Gasteiger partial charge in [0.15, 0.2) is 6.61 Å². The highest BCUT2D eigenvalue weighted by Crippen LogP contribution is 2.08. The molecule has 0 aliphatic carbocycles. The van der Waals surface area contributed by atoms with Gasteiger partial charge in [-0.05, 0) is 24.8 Å². The van der Waals surface area contributed by atoms with Gasteiger partial charge in [0.25, 0.3) is 5.91 Å². The van der Waals surface area contributed by atoms with E-state index in [1.807, 2.05) is 6.08 Å². The minimum absolute atomic E-state index is 0.148. The highest BCUT2D eigenvalue weighted by molar-refractivity contribution is 6.25. The molecule has 1 unspecified atom stereocenters. The zero-order chi connectivity index (χ0) is 15.4. The second-order valence-corrected chi connectivity index (χ2v) is 4.46. The fourth-order valence-electron chi connectivity index (χ4n) is 1.30. The number of hydrogen-bond acceptors (Lipinski definition) is 2. The van der Waals surface area contributed by atoms with Gasteiger partial charge < -0.3 is 10.1 Å². The molecule has 5 heteroatoms. The molecule has 1 N–H and O–H groups in total. The number of hydrogen-bond donors (Lipinski definition) is 1. The van der Waals surface area contributed by atoms with Crippen LogP contribution in [0.15, 0.2) is 48.5 Å². The van der Waals surface area contributed by atoms with Crippen LogP contribution in [0.3, 0.4) is 0 Å². The molecule has 0 radical (unpaired) electrons. The van der Waals surface area contributed by atoms with Gasteiger partial charge in [0.2, 0.25) is 0 Å². The maximum atomic E-state index is 12.9. The van der Waals surface area contributed by atoms with Crippen LogP contribution >= 0.6 is 11.6 Å². The fourth-order valence-corrected chi connectivity index (χ4v) is 1.36. The van der Waals surface area contributed by atoms with Gasteiger partial charge in [0, 0.05) is 18.2 Å². The highest BCUT2D eigenvalue weighted by atomic mass is 35.5. The smallest absolute Gasteiger partial charge is 0.257 e. The summed E-state index contributed by atoms with van der Waals surface area (Å²) in [6.07, 6.45) is 6.07. The lowest BCUT2D eigenvalue weighted by Gasteiger charge is -2.09. The van der Waals surface area contributed by atoms with E-state index in [1.165, 1.54) is 6.08 Å². The lowest BCUT2D eigenvalue weighted by molar-refractivity contribution is -0.124. The summed E-state index contributed by atoms with van der Waals surface area (Å²) < 4.78 is 18.0. The normalized spacial score (nSPS) is 13.6. The zero-order valence-corrected chi connectivity index (χ0v) is 12.5. The molecule has 0 aliphatic rings. The molecule has 0 rings (SSSR count). The second kappa shape index (κ2) is 11.3. The molecule has 0 aromatic carbocycles. The molecule has 112 valence electrons. The van der Waals surface area contributed by atoms with Gasteiger partial charge in [0.05, 0.1) is 0 Å². The Labute approximate surface area is 124 Å². The third-order valence-electron chi connectivity index (χ3n) is 2.52. The number of carbonyl (C=O) groups is 1. The quantitative estimate of drug-likeness (QED) is 0.288. The van der Waals surface area contributed by atoms with Crippen LogP contribution in [0.4, 0.5) is 4.39 Å². The fraction of sp³-hybridized carbons (Fsp3) is 0.400. The van der Waals surface area contributed by atoms with Crippen molar-refractivity contribution in [3.05, 3.63) is 48.5 Å². The largest absolute Gasteiger partial charge is 0.484 e. The van der Waals surface area contributed by atoms with Gasteiger partial charge in [-0.15, -0.1) is 6.58 Å². The number of allylic oxidation sites excluding steroid dienone is 4. The Bertz CT molecular complexity index is 391. The Balaban J connectivity index is 3.95. The Kier molecular flexibility index (Phi) is 10.4. The van der Waals surface area contributed by atoms with Gasteiger partial charge in [-0.1, -0.05) is 31.2 Å². The number of rotatable bonds is 10. The van der Waals surface area contributed by atoms with Crippen molar-refractivity contribution in [1.82, 2.24) is 5.32 Å². The van der Waals surface area contributed by atoms with Crippen LogP contribution in [0.25, 0.3) is 0 Å². The Hall–Kier alpha value is -1.55. The molecule has 1 atom stereocenters. The minimum atomic E-state index is -0.666.